The summed E-state index contributed by atoms with van der Waals surface area (Å²) >= 11 is 0. The van der Waals surface area contributed by atoms with Gasteiger partial charge in [0.15, 0.2) is 0 Å². The lowest BCUT2D eigenvalue weighted by atomic mass is 10.1. The molecule has 0 fully saturated rings. The Hall–Kier alpha value is -2.61. The van der Waals surface area contributed by atoms with Gasteiger partial charge in [-0.15, -0.1) is 0 Å². The van der Waals surface area contributed by atoms with Gasteiger partial charge < -0.3 is 0 Å². The number of benzene rings is 2. The monoisotopic (exact) mass is 315 g/mol. The van der Waals surface area contributed by atoms with Crippen LogP contribution in [0.5, 0.6) is 0 Å². The quantitative estimate of drug-likeness (QED) is 0.444. The lowest BCUT2D eigenvalue weighted by Crippen LogP contribution is -2.30. The molecule has 0 saturated carbocycles. The normalized spacial score (nSPS) is 11.5. The molecule has 0 radical (unpaired) electrons. The second-order valence-electron chi connectivity index (χ2n) is 6.88. The average Bonchev–Trinajstić information content (AvgIpc) is 2.89. The van der Waals surface area contributed by atoms with E-state index in [0.29, 0.717) is 0 Å². The molecule has 2 aromatic heterocycles. The van der Waals surface area contributed by atoms with Gasteiger partial charge in [-0.05, 0) is 74.2 Å². The first kappa shape index (κ1) is 14.9. The number of pyridine rings is 1. The Morgan fingerprint density at radius 3 is 2.46 bits per heavy atom. The lowest BCUT2D eigenvalue weighted by molar-refractivity contribution is -0.647. The van der Waals surface area contributed by atoms with Crippen LogP contribution in [-0.2, 0) is 7.05 Å². The number of aromatic nitrogens is 2. The van der Waals surface area contributed by atoms with Crippen molar-refractivity contribution in [1.29, 1.82) is 0 Å². The second kappa shape index (κ2) is 5.20. The number of rotatable bonds is 1. The van der Waals surface area contributed by atoms with Crippen molar-refractivity contribution in [3.05, 3.63) is 70.9 Å². The highest BCUT2D eigenvalue weighted by Gasteiger charge is 2.24. The molecule has 0 aliphatic heterocycles. The summed E-state index contributed by atoms with van der Waals surface area (Å²) in [5.41, 5.74) is 9.07. The van der Waals surface area contributed by atoms with Gasteiger partial charge in [-0.2, -0.15) is 4.57 Å². The number of aryl methyl sites for hydroxylation is 4. The van der Waals surface area contributed by atoms with Gasteiger partial charge in [0.1, 0.15) is 11.2 Å². The van der Waals surface area contributed by atoms with Crippen LogP contribution in [0.15, 0.2) is 48.7 Å². The molecule has 0 spiro atoms. The molecule has 24 heavy (non-hydrogen) atoms. The predicted octanol–water partition coefficient (Wildman–Crippen LogP) is 4.84. The standard InChI is InChI=1S/C22H23N2/c1-14-9-10-18-20(13-14)24(19-8-6-7-15(2)17(19)4)22-21(18)16(3)11-12-23(22)5/h6-13H,1-5H3/q+1. The van der Waals surface area contributed by atoms with Crippen LogP contribution in [0.25, 0.3) is 27.6 Å². The average molecular weight is 315 g/mol. The van der Waals surface area contributed by atoms with Gasteiger partial charge in [-0.1, -0.05) is 18.2 Å². The third-order valence-corrected chi connectivity index (χ3v) is 5.19. The minimum atomic E-state index is 1.25. The summed E-state index contributed by atoms with van der Waals surface area (Å²) in [7, 11) is 2.13. The topological polar surface area (TPSA) is 8.81 Å². The van der Waals surface area contributed by atoms with E-state index in [1.165, 1.54) is 49.9 Å². The molecular formula is C22H23N2+. The molecule has 120 valence electrons. The van der Waals surface area contributed by atoms with E-state index in [1.54, 1.807) is 0 Å². The van der Waals surface area contributed by atoms with E-state index in [0.717, 1.165) is 0 Å². The smallest absolute Gasteiger partial charge is 0.236 e. The zero-order chi connectivity index (χ0) is 17.0. The van der Waals surface area contributed by atoms with E-state index in [2.05, 4.69) is 92.5 Å². The third-order valence-electron chi connectivity index (χ3n) is 5.19. The summed E-state index contributed by atoms with van der Waals surface area (Å²) in [6.07, 6.45) is 2.16. The molecule has 2 nitrogen and oxygen atoms in total. The maximum absolute atomic E-state index is 2.42. The maximum atomic E-state index is 2.42. The first-order valence-corrected chi connectivity index (χ1v) is 8.45. The molecule has 0 aliphatic rings. The fraction of sp³-hybridized carbons (Fsp3) is 0.227. The minimum absolute atomic E-state index is 1.25. The molecule has 0 amide bonds. The van der Waals surface area contributed by atoms with Crippen LogP contribution in [0, 0.1) is 27.7 Å². The first-order chi connectivity index (χ1) is 11.5. The SMILES string of the molecule is Cc1ccc2c3c(C)cc[n+](C)c3n(-c3cccc(C)c3C)c2c1. The van der Waals surface area contributed by atoms with Crippen LogP contribution in [0.1, 0.15) is 22.3 Å². The first-order valence-electron chi connectivity index (χ1n) is 8.45. The van der Waals surface area contributed by atoms with Gasteiger partial charge in [-0.3, -0.25) is 0 Å². The predicted molar refractivity (Wildman–Crippen MR) is 101 cm³/mol. The number of hydrogen-bond donors (Lipinski definition) is 0. The van der Waals surface area contributed by atoms with Gasteiger partial charge >= 0.3 is 0 Å². The zero-order valence-corrected chi connectivity index (χ0v) is 15.0. The van der Waals surface area contributed by atoms with E-state index in [9.17, 15) is 0 Å². The highest BCUT2D eigenvalue weighted by Crippen LogP contribution is 2.33. The van der Waals surface area contributed by atoms with Crippen molar-refractivity contribution in [1.82, 2.24) is 4.57 Å². The van der Waals surface area contributed by atoms with Crippen LogP contribution in [0.3, 0.4) is 0 Å². The Balaban J connectivity index is 2.31. The van der Waals surface area contributed by atoms with Crippen LogP contribution < -0.4 is 4.57 Å². The number of hydrogen-bond acceptors (Lipinski definition) is 0. The summed E-state index contributed by atoms with van der Waals surface area (Å²) in [5.74, 6) is 0. The van der Waals surface area contributed by atoms with Crippen molar-refractivity contribution in [3.63, 3.8) is 0 Å². The largest absolute Gasteiger partial charge is 0.295 e. The summed E-state index contributed by atoms with van der Waals surface area (Å²) in [4.78, 5) is 0. The minimum Gasteiger partial charge on any atom is -0.236 e. The molecule has 0 aliphatic carbocycles. The van der Waals surface area contributed by atoms with Crippen molar-refractivity contribution in [2.45, 2.75) is 27.7 Å². The Labute approximate surface area is 143 Å². The lowest BCUT2D eigenvalue weighted by Gasteiger charge is -2.08. The molecule has 0 N–H and O–H groups in total. The fourth-order valence-electron chi connectivity index (χ4n) is 3.71. The molecule has 2 aromatic carbocycles. The molecular weight excluding hydrogens is 292 g/mol. The highest BCUT2D eigenvalue weighted by atomic mass is 15.1. The van der Waals surface area contributed by atoms with Crippen LogP contribution in [0.4, 0.5) is 0 Å². The molecule has 2 heteroatoms. The molecule has 0 atom stereocenters. The number of fused-ring (bicyclic) bond motifs is 3. The Morgan fingerprint density at radius 2 is 1.67 bits per heavy atom. The van der Waals surface area contributed by atoms with Crippen molar-refractivity contribution < 1.29 is 4.57 Å². The highest BCUT2D eigenvalue weighted by molar-refractivity contribution is 6.08. The molecule has 0 unspecified atom stereocenters. The van der Waals surface area contributed by atoms with E-state index < -0.39 is 0 Å². The molecule has 2 heterocycles. The van der Waals surface area contributed by atoms with Gasteiger partial charge in [0.25, 0.3) is 5.65 Å². The van der Waals surface area contributed by atoms with E-state index in [1.807, 2.05) is 0 Å². The zero-order valence-electron chi connectivity index (χ0n) is 15.0. The van der Waals surface area contributed by atoms with Crippen LogP contribution >= 0.6 is 0 Å². The van der Waals surface area contributed by atoms with Gasteiger partial charge in [0.2, 0.25) is 0 Å². The molecule has 4 aromatic rings. The fourth-order valence-corrected chi connectivity index (χ4v) is 3.71. The Kier molecular flexibility index (Phi) is 3.24. The molecule has 0 bridgehead atoms. The van der Waals surface area contributed by atoms with Crippen LogP contribution in [-0.4, -0.2) is 4.57 Å². The number of nitrogens with zero attached hydrogens (tertiary/aromatic N) is 2. The van der Waals surface area contributed by atoms with Crippen molar-refractivity contribution in [3.8, 4) is 5.69 Å². The summed E-state index contributed by atoms with van der Waals surface area (Å²) in [5, 5.41) is 2.67. The Bertz CT molecular complexity index is 1100. The van der Waals surface area contributed by atoms with Crippen LogP contribution in [0.2, 0.25) is 0 Å². The molecule has 4 rings (SSSR count). The van der Waals surface area contributed by atoms with E-state index >= 15 is 0 Å². The van der Waals surface area contributed by atoms with Crippen molar-refractivity contribution >= 4 is 21.9 Å². The van der Waals surface area contributed by atoms with Gasteiger partial charge in [0, 0.05) is 5.39 Å². The summed E-state index contributed by atoms with van der Waals surface area (Å²) < 4.78 is 4.66. The van der Waals surface area contributed by atoms with Crippen molar-refractivity contribution in [2.24, 2.45) is 7.05 Å². The summed E-state index contributed by atoms with van der Waals surface area (Å²) in [6, 6.07) is 15.5. The van der Waals surface area contributed by atoms with Crippen molar-refractivity contribution in [2.75, 3.05) is 0 Å². The maximum Gasteiger partial charge on any atom is 0.295 e. The molecule has 0 saturated heterocycles. The van der Waals surface area contributed by atoms with E-state index in [4.69, 9.17) is 0 Å². The Morgan fingerprint density at radius 1 is 0.875 bits per heavy atom. The third kappa shape index (κ3) is 1.99. The van der Waals surface area contributed by atoms with Gasteiger partial charge in [0.05, 0.1) is 18.6 Å². The van der Waals surface area contributed by atoms with E-state index in [-0.39, 0.29) is 0 Å². The summed E-state index contributed by atoms with van der Waals surface area (Å²) in [6.45, 7) is 8.77. The second-order valence-corrected chi connectivity index (χ2v) is 6.88. The van der Waals surface area contributed by atoms with Gasteiger partial charge in [-0.25, -0.2) is 4.57 Å².